The molecule has 0 saturated heterocycles. The van der Waals surface area contributed by atoms with Crippen molar-refractivity contribution in [2.75, 3.05) is 0 Å². The van der Waals surface area contributed by atoms with Crippen molar-refractivity contribution in [2.24, 2.45) is 0 Å². The van der Waals surface area contributed by atoms with Crippen LogP contribution >= 0.6 is 31.9 Å². The molecule has 4 aromatic carbocycles. The molecule has 0 atom stereocenters. The minimum atomic E-state index is 1.09. The van der Waals surface area contributed by atoms with Crippen LogP contribution in [0.2, 0.25) is 0 Å². The Balaban J connectivity index is 1.89. The highest BCUT2D eigenvalue weighted by Gasteiger charge is 2.07. The average Bonchev–Trinajstić information content (AvgIpc) is 2.69. The van der Waals surface area contributed by atoms with Gasteiger partial charge < -0.3 is 0 Å². The van der Waals surface area contributed by atoms with Crippen LogP contribution in [0.4, 0.5) is 0 Å². The molecule has 0 aliphatic carbocycles. The maximum Gasteiger partial charge on any atom is 0.0175 e. The Morgan fingerprint density at radius 3 is 1.08 bits per heavy atom. The molecule has 0 spiro atoms. The average molecular weight is 464 g/mol. The third kappa shape index (κ3) is 3.82. The summed E-state index contributed by atoms with van der Waals surface area (Å²) in [6.07, 6.45) is 0. The second-order valence-corrected chi connectivity index (χ2v) is 8.01. The predicted molar refractivity (Wildman–Crippen MR) is 118 cm³/mol. The van der Waals surface area contributed by atoms with Crippen LogP contribution in [0.1, 0.15) is 0 Å². The van der Waals surface area contributed by atoms with E-state index >= 15 is 0 Å². The number of benzene rings is 4. The van der Waals surface area contributed by atoms with E-state index in [2.05, 4.69) is 129 Å². The number of hydrogen-bond acceptors (Lipinski definition) is 0. The van der Waals surface area contributed by atoms with Crippen LogP contribution in [0, 0.1) is 0 Å². The summed E-state index contributed by atoms with van der Waals surface area (Å²) in [5.41, 5.74) is 7.32. The summed E-state index contributed by atoms with van der Waals surface area (Å²) in [5, 5.41) is 0. The topological polar surface area (TPSA) is 0 Å². The molecule has 0 N–H and O–H groups in total. The molecule has 0 aliphatic rings. The van der Waals surface area contributed by atoms with Crippen molar-refractivity contribution in [1.82, 2.24) is 0 Å². The molecule has 0 aromatic heterocycles. The van der Waals surface area contributed by atoms with Gasteiger partial charge in [0, 0.05) is 8.95 Å². The summed E-state index contributed by atoms with van der Waals surface area (Å²) < 4.78 is 2.18. The first-order chi connectivity index (χ1) is 12.7. The zero-order valence-corrected chi connectivity index (χ0v) is 17.2. The van der Waals surface area contributed by atoms with Crippen LogP contribution in [0.15, 0.2) is 106 Å². The minimum Gasteiger partial charge on any atom is -0.0622 e. The first-order valence-corrected chi connectivity index (χ1v) is 10.00. The molecule has 0 amide bonds. The highest BCUT2D eigenvalue weighted by atomic mass is 79.9. The molecule has 0 unspecified atom stereocenters. The number of rotatable bonds is 3. The lowest BCUT2D eigenvalue weighted by Crippen LogP contribution is -1.86. The fraction of sp³-hybridized carbons (Fsp3) is 0. The quantitative estimate of drug-likeness (QED) is 0.287. The number of halogens is 2. The SMILES string of the molecule is Brc1ccc(-c2cc(-c3ccccc3)cc(-c3ccc(Br)cc3)c2)cc1. The first kappa shape index (κ1) is 17.3. The largest absolute Gasteiger partial charge is 0.0622 e. The van der Waals surface area contributed by atoms with Gasteiger partial charge in [-0.05, 0) is 75.8 Å². The Morgan fingerprint density at radius 1 is 0.346 bits per heavy atom. The molecular weight excluding hydrogens is 448 g/mol. The van der Waals surface area contributed by atoms with Crippen molar-refractivity contribution >= 4 is 31.9 Å². The summed E-state index contributed by atoms with van der Waals surface area (Å²) >= 11 is 7.05. The molecule has 2 heteroatoms. The van der Waals surface area contributed by atoms with Crippen LogP contribution in [0.3, 0.4) is 0 Å². The molecule has 0 fully saturated rings. The lowest BCUT2D eigenvalue weighted by atomic mass is 9.93. The van der Waals surface area contributed by atoms with Crippen molar-refractivity contribution in [1.29, 1.82) is 0 Å². The van der Waals surface area contributed by atoms with Gasteiger partial charge in [-0.3, -0.25) is 0 Å². The van der Waals surface area contributed by atoms with Crippen LogP contribution in [0.5, 0.6) is 0 Å². The number of hydrogen-bond donors (Lipinski definition) is 0. The van der Waals surface area contributed by atoms with Crippen molar-refractivity contribution in [3.63, 3.8) is 0 Å². The van der Waals surface area contributed by atoms with Gasteiger partial charge >= 0.3 is 0 Å². The molecule has 0 radical (unpaired) electrons. The molecule has 126 valence electrons. The second kappa shape index (κ2) is 7.61. The molecule has 0 aliphatic heterocycles. The lowest BCUT2D eigenvalue weighted by Gasteiger charge is -2.11. The van der Waals surface area contributed by atoms with Gasteiger partial charge in [-0.2, -0.15) is 0 Å². The smallest absolute Gasteiger partial charge is 0.0175 e. The summed E-state index contributed by atoms with van der Waals surface area (Å²) in [6, 6.07) is 34.3. The summed E-state index contributed by atoms with van der Waals surface area (Å²) in [4.78, 5) is 0. The van der Waals surface area contributed by atoms with Gasteiger partial charge in [0.05, 0.1) is 0 Å². The summed E-state index contributed by atoms with van der Waals surface area (Å²) in [6.45, 7) is 0. The fourth-order valence-corrected chi connectivity index (χ4v) is 3.57. The zero-order valence-electron chi connectivity index (χ0n) is 14.0. The molecule has 26 heavy (non-hydrogen) atoms. The van der Waals surface area contributed by atoms with Gasteiger partial charge in [-0.15, -0.1) is 0 Å². The Bertz CT molecular complexity index is 954. The molecule has 0 bridgehead atoms. The maximum absolute atomic E-state index is 3.52. The molecule has 0 saturated carbocycles. The second-order valence-electron chi connectivity index (χ2n) is 6.18. The van der Waals surface area contributed by atoms with Gasteiger partial charge in [-0.25, -0.2) is 0 Å². The van der Waals surface area contributed by atoms with E-state index in [0.717, 1.165) is 8.95 Å². The van der Waals surface area contributed by atoms with Crippen molar-refractivity contribution < 1.29 is 0 Å². The van der Waals surface area contributed by atoms with Crippen molar-refractivity contribution in [3.8, 4) is 33.4 Å². The summed E-state index contributed by atoms with van der Waals surface area (Å²) in [7, 11) is 0. The molecular formula is C24H16Br2. The first-order valence-electron chi connectivity index (χ1n) is 8.41. The van der Waals surface area contributed by atoms with E-state index in [-0.39, 0.29) is 0 Å². The molecule has 4 rings (SSSR count). The Hall–Kier alpha value is -2.16. The van der Waals surface area contributed by atoms with Crippen molar-refractivity contribution in [2.45, 2.75) is 0 Å². The molecule has 4 aromatic rings. The van der Waals surface area contributed by atoms with E-state index in [9.17, 15) is 0 Å². The Labute approximate surface area is 170 Å². The maximum atomic E-state index is 3.52. The van der Waals surface area contributed by atoms with E-state index in [1.165, 1.54) is 33.4 Å². The highest BCUT2D eigenvalue weighted by molar-refractivity contribution is 9.10. The standard InChI is InChI=1S/C24H16Br2/c25-23-10-6-18(7-11-23)21-14-20(17-4-2-1-3-5-17)15-22(16-21)19-8-12-24(26)13-9-19/h1-16H. The third-order valence-electron chi connectivity index (χ3n) is 4.40. The zero-order chi connectivity index (χ0) is 17.9. The van der Waals surface area contributed by atoms with E-state index in [1.807, 2.05) is 0 Å². The van der Waals surface area contributed by atoms with Crippen LogP contribution < -0.4 is 0 Å². The monoisotopic (exact) mass is 462 g/mol. The van der Waals surface area contributed by atoms with Gasteiger partial charge in [0.15, 0.2) is 0 Å². The van der Waals surface area contributed by atoms with E-state index < -0.39 is 0 Å². The normalized spacial score (nSPS) is 10.7. The predicted octanol–water partition coefficient (Wildman–Crippen LogP) is 8.21. The Kier molecular flexibility index (Phi) is 5.05. The van der Waals surface area contributed by atoms with Gasteiger partial charge in [-0.1, -0.05) is 86.5 Å². The fourth-order valence-electron chi connectivity index (χ4n) is 3.04. The van der Waals surface area contributed by atoms with Gasteiger partial charge in [0.1, 0.15) is 0 Å². The third-order valence-corrected chi connectivity index (χ3v) is 5.45. The van der Waals surface area contributed by atoms with E-state index in [4.69, 9.17) is 0 Å². The summed E-state index contributed by atoms with van der Waals surface area (Å²) in [5.74, 6) is 0. The van der Waals surface area contributed by atoms with E-state index in [0.29, 0.717) is 0 Å². The van der Waals surface area contributed by atoms with Gasteiger partial charge in [0.2, 0.25) is 0 Å². The van der Waals surface area contributed by atoms with Crippen LogP contribution in [-0.4, -0.2) is 0 Å². The lowest BCUT2D eigenvalue weighted by molar-refractivity contribution is 1.55. The Morgan fingerprint density at radius 2 is 0.692 bits per heavy atom. The van der Waals surface area contributed by atoms with Crippen LogP contribution in [0.25, 0.3) is 33.4 Å². The van der Waals surface area contributed by atoms with Gasteiger partial charge in [0.25, 0.3) is 0 Å². The van der Waals surface area contributed by atoms with E-state index in [1.54, 1.807) is 0 Å². The van der Waals surface area contributed by atoms with Crippen LogP contribution in [-0.2, 0) is 0 Å². The minimum absolute atomic E-state index is 1.09. The molecule has 0 nitrogen and oxygen atoms in total. The highest BCUT2D eigenvalue weighted by Crippen LogP contribution is 2.33. The molecule has 0 heterocycles. The van der Waals surface area contributed by atoms with Crippen molar-refractivity contribution in [3.05, 3.63) is 106 Å².